The van der Waals surface area contributed by atoms with Gasteiger partial charge in [0.1, 0.15) is 5.52 Å². The van der Waals surface area contributed by atoms with Crippen molar-refractivity contribution in [2.24, 2.45) is 0 Å². The average molecular weight is 247 g/mol. The van der Waals surface area contributed by atoms with Crippen molar-refractivity contribution in [3.05, 3.63) is 18.2 Å². The molecule has 5 nitrogen and oxygen atoms in total. The molecule has 2 heterocycles. The summed E-state index contributed by atoms with van der Waals surface area (Å²) >= 11 is 0. The molecule has 0 bridgehead atoms. The molecule has 3 rings (SSSR count). The molecule has 1 aliphatic heterocycles. The zero-order chi connectivity index (χ0) is 12.5. The minimum Gasteiger partial charge on any atom is -0.423 e. The van der Waals surface area contributed by atoms with Gasteiger partial charge in [0.25, 0.3) is 6.01 Å². The lowest BCUT2D eigenvalue weighted by Gasteiger charge is -2.21. The molecule has 0 saturated carbocycles. The van der Waals surface area contributed by atoms with Crippen molar-refractivity contribution in [2.75, 3.05) is 30.9 Å². The predicted molar refractivity (Wildman–Crippen MR) is 70.7 cm³/mol. The highest BCUT2D eigenvalue weighted by Crippen LogP contribution is 2.29. The van der Waals surface area contributed by atoms with Crippen LogP contribution in [-0.4, -0.2) is 31.3 Å². The monoisotopic (exact) mass is 247 g/mol. The molecule has 0 amide bonds. The fraction of sp³-hybridized carbons (Fsp3) is 0.462. The third kappa shape index (κ3) is 1.90. The Morgan fingerprint density at radius 3 is 3.28 bits per heavy atom. The predicted octanol–water partition coefficient (Wildman–Crippen LogP) is 2.03. The summed E-state index contributed by atoms with van der Waals surface area (Å²) in [5, 5.41) is 0. The first kappa shape index (κ1) is 11.3. The minimum atomic E-state index is 0.361. The molecule has 1 aromatic heterocycles. The Morgan fingerprint density at radius 2 is 2.44 bits per heavy atom. The topological polar surface area (TPSA) is 64.5 Å². The number of hydrogen-bond donors (Lipinski definition) is 1. The molecule has 1 fully saturated rings. The van der Waals surface area contributed by atoms with Crippen LogP contribution in [0, 0.1) is 0 Å². The van der Waals surface area contributed by atoms with Gasteiger partial charge >= 0.3 is 0 Å². The van der Waals surface area contributed by atoms with Crippen molar-refractivity contribution < 1.29 is 9.15 Å². The number of nitrogens with two attached hydrogens (primary N) is 1. The van der Waals surface area contributed by atoms with Gasteiger partial charge < -0.3 is 19.8 Å². The van der Waals surface area contributed by atoms with Crippen molar-refractivity contribution >= 4 is 22.8 Å². The number of aromatic nitrogens is 1. The molecule has 1 aromatic carbocycles. The number of fused-ring (bicyclic) bond motifs is 1. The second-order valence-electron chi connectivity index (χ2n) is 4.67. The lowest BCUT2D eigenvalue weighted by Crippen LogP contribution is -2.32. The Balaban J connectivity index is 1.93. The molecule has 0 aliphatic carbocycles. The molecule has 0 radical (unpaired) electrons. The van der Waals surface area contributed by atoms with E-state index in [0.29, 0.717) is 24.4 Å². The number of hydrogen-bond acceptors (Lipinski definition) is 5. The van der Waals surface area contributed by atoms with Crippen LogP contribution in [-0.2, 0) is 4.74 Å². The van der Waals surface area contributed by atoms with Crippen LogP contribution in [0.15, 0.2) is 22.6 Å². The van der Waals surface area contributed by atoms with E-state index in [0.717, 1.165) is 30.5 Å². The fourth-order valence-electron chi connectivity index (χ4n) is 2.51. The maximum atomic E-state index is 5.79. The quantitative estimate of drug-likeness (QED) is 0.841. The average Bonchev–Trinajstić information content (AvgIpc) is 2.94. The summed E-state index contributed by atoms with van der Waals surface area (Å²) in [7, 11) is 1.73. The number of rotatable bonds is 3. The van der Waals surface area contributed by atoms with Gasteiger partial charge in [0, 0.05) is 25.4 Å². The standard InChI is InChI=1S/C13H17N3O2/c1-17-8-10-3-2-6-16(10)13-15-11-5-4-9(14)7-12(11)18-13/h4-5,7,10H,2-3,6,8,14H2,1H3/t10-/m1/s1. The first-order valence-corrected chi connectivity index (χ1v) is 6.19. The van der Waals surface area contributed by atoms with E-state index in [-0.39, 0.29) is 0 Å². The van der Waals surface area contributed by atoms with Gasteiger partial charge in [0.05, 0.1) is 12.6 Å². The Kier molecular flexibility index (Phi) is 2.83. The molecule has 1 saturated heterocycles. The Bertz CT molecular complexity index is 552. The summed E-state index contributed by atoms with van der Waals surface area (Å²) in [6.45, 7) is 1.68. The van der Waals surface area contributed by atoms with E-state index < -0.39 is 0 Å². The normalized spacial score (nSPS) is 19.8. The van der Waals surface area contributed by atoms with Gasteiger partial charge in [-0.1, -0.05) is 0 Å². The van der Waals surface area contributed by atoms with E-state index in [1.807, 2.05) is 18.2 Å². The number of benzene rings is 1. The first-order chi connectivity index (χ1) is 8.78. The van der Waals surface area contributed by atoms with E-state index in [2.05, 4.69) is 9.88 Å². The zero-order valence-electron chi connectivity index (χ0n) is 10.4. The molecule has 18 heavy (non-hydrogen) atoms. The summed E-state index contributed by atoms with van der Waals surface area (Å²) in [4.78, 5) is 6.70. The SMILES string of the molecule is COC[C@H]1CCCN1c1nc2ccc(N)cc2o1. The Labute approximate surface area is 106 Å². The van der Waals surface area contributed by atoms with E-state index in [9.17, 15) is 0 Å². The summed E-state index contributed by atoms with van der Waals surface area (Å²) in [6.07, 6.45) is 2.27. The van der Waals surface area contributed by atoms with Crippen LogP contribution in [0.5, 0.6) is 0 Å². The smallest absolute Gasteiger partial charge is 0.298 e. The zero-order valence-corrected chi connectivity index (χ0v) is 10.4. The second-order valence-corrected chi connectivity index (χ2v) is 4.67. The lowest BCUT2D eigenvalue weighted by atomic mass is 10.2. The van der Waals surface area contributed by atoms with Crippen molar-refractivity contribution in [2.45, 2.75) is 18.9 Å². The minimum absolute atomic E-state index is 0.361. The first-order valence-electron chi connectivity index (χ1n) is 6.19. The third-order valence-electron chi connectivity index (χ3n) is 3.38. The Morgan fingerprint density at radius 1 is 1.56 bits per heavy atom. The van der Waals surface area contributed by atoms with E-state index in [4.69, 9.17) is 14.9 Å². The highest BCUT2D eigenvalue weighted by molar-refractivity contribution is 5.78. The number of oxazole rings is 1. The van der Waals surface area contributed by atoms with Gasteiger partial charge in [-0.25, -0.2) is 0 Å². The molecular formula is C13H17N3O2. The number of ether oxygens (including phenoxy) is 1. The van der Waals surface area contributed by atoms with Gasteiger partial charge in [0.2, 0.25) is 0 Å². The summed E-state index contributed by atoms with van der Waals surface area (Å²) < 4.78 is 11.0. The molecule has 0 spiro atoms. The van der Waals surface area contributed by atoms with Crippen LogP contribution in [0.2, 0.25) is 0 Å². The lowest BCUT2D eigenvalue weighted by molar-refractivity contribution is 0.179. The van der Waals surface area contributed by atoms with Crippen molar-refractivity contribution in [3.8, 4) is 0 Å². The van der Waals surface area contributed by atoms with Gasteiger partial charge in [-0.15, -0.1) is 0 Å². The van der Waals surface area contributed by atoms with E-state index >= 15 is 0 Å². The molecular weight excluding hydrogens is 230 g/mol. The molecule has 96 valence electrons. The molecule has 1 atom stereocenters. The van der Waals surface area contributed by atoms with E-state index in [1.54, 1.807) is 7.11 Å². The van der Waals surface area contributed by atoms with E-state index in [1.165, 1.54) is 0 Å². The highest BCUT2D eigenvalue weighted by Gasteiger charge is 2.28. The van der Waals surface area contributed by atoms with Crippen molar-refractivity contribution in [1.82, 2.24) is 4.98 Å². The summed E-state index contributed by atoms with van der Waals surface area (Å²) in [5.74, 6) is 0. The summed E-state index contributed by atoms with van der Waals surface area (Å²) in [6, 6.07) is 6.58. The molecule has 5 heteroatoms. The number of anilines is 2. The van der Waals surface area contributed by atoms with Crippen LogP contribution in [0.4, 0.5) is 11.7 Å². The highest BCUT2D eigenvalue weighted by atomic mass is 16.5. The van der Waals surface area contributed by atoms with Gasteiger partial charge in [-0.2, -0.15) is 4.98 Å². The summed E-state index contributed by atoms with van der Waals surface area (Å²) in [5.41, 5.74) is 8.03. The maximum Gasteiger partial charge on any atom is 0.298 e. The molecule has 1 aliphatic rings. The number of methoxy groups -OCH3 is 1. The number of nitrogens with zero attached hydrogens (tertiary/aromatic N) is 2. The van der Waals surface area contributed by atoms with Crippen LogP contribution in [0.1, 0.15) is 12.8 Å². The van der Waals surface area contributed by atoms with Crippen LogP contribution in [0.3, 0.4) is 0 Å². The van der Waals surface area contributed by atoms with Crippen molar-refractivity contribution in [1.29, 1.82) is 0 Å². The number of nitrogen functional groups attached to an aromatic ring is 1. The van der Waals surface area contributed by atoms with Crippen LogP contribution in [0.25, 0.3) is 11.1 Å². The van der Waals surface area contributed by atoms with Gasteiger partial charge in [-0.05, 0) is 25.0 Å². The van der Waals surface area contributed by atoms with Crippen LogP contribution < -0.4 is 10.6 Å². The maximum absolute atomic E-state index is 5.79. The molecule has 2 N–H and O–H groups in total. The molecule has 0 unspecified atom stereocenters. The van der Waals surface area contributed by atoms with Gasteiger partial charge in [0.15, 0.2) is 5.58 Å². The Hall–Kier alpha value is -1.75. The third-order valence-corrected chi connectivity index (χ3v) is 3.38. The second kappa shape index (κ2) is 4.49. The van der Waals surface area contributed by atoms with Crippen LogP contribution >= 0.6 is 0 Å². The fourth-order valence-corrected chi connectivity index (χ4v) is 2.51. The largest absolute Gasteiger partial charge is 0.423 e. The molecule has 2 aromatic rings. The van der Waals surface area contributed by atoms with Crippen molar-refractivity contribution in [3.63, 3.8) is 0 Å². The van der Waals surface area contributed by atoms with Gasteiger partial charge in [-0.3, -0.25) is 0 Å².